The smallest absolute Gasteiger partial charge is 0.119 e. The van der Waals surface area contributed by atoms with Gasteiger partial charge in [-0.25, -0.2) is 0 Å². The van der Waals surface area contributed by atoms with Crippen LogP contribution in [0.3, 0.4) is 0 Å². The van der Waals surface area contributed by atoms with Crippen molar-refractivity contribution in [3.05, 3.63) is 53.1 Å². The fourth-order valence-electron chi connectivity index (χ4n) is 2.96. The van der Waals surface area contributed by atoms with Gasteiger partial charge in [0.25, 0.3) is 0 Å². The standard InChI is InChI=1S/C17H18O/c1-11-5-7-13-14-8-6-12(18-4)10-16(14)17(2,3)15(13)9-11/h5-10H,1-4H3. The Morgan fingerprint density at radius 1 is 0.889 bits per heavy atom. The highest BCUT2D eigenvalue weighted by atomic mass is 16.5. The van der Waals surface area contributed by atoms with E-state index in [1.807, 2.05) is 6.07 Å². The van der Waals surface area contributed by atoms with E-state index in [0.29, 0.717) is 0 Å². The fourth-order valence-corrected chi connectivity index (χ4v) is 2.96. The first-order valence-electron chi connectivity index (χ1n) is 6.34. The second kappa shape index (κ2) is 3.61. The van der Waals surface area contributed by atoms with E-state index in [1.54, 1.807) is 7.11 Å². The summed E-state index contributed by atoms with van der Waals surface area (Å²) in [6.45, 7) is 6.73. The quantitative estimate of drug-likeness (QED) is 0.719. The van der Waals surface area contributed by atoms with Crippen molar-refractivity contribution in [3.63, 3.8) is 0 Å². The van der Waals surface area contributed by atoms with Crippen LogP contribution in [0.4, 0.5) is 0 Å². The summed E-state index contributed by atoms with van der Waals surface area (Å²) < 4.78 is 5.36. The molecule has 0 bridgehead atoms. The molecule has 0 spiro atoms. The monoisotopic (exact) mass is 238 g/mol. The largest absolute Gasteiger partial charge is 0.497 e. The van der Waals surface area contributed by atoms with Gasteiger partial charge in [-0.1, -0.05) is 43.7 Å². The molecule has 18 heavy (non-hydrogen) atoms. The summed E-state index contributed by atoms with van der Waals surface area (Å²) >= 11 is 0. The Morgan fingerprint density at radius 2 is 1.50 bits per heavy atom. The lowest BCUT2D eigenvalue weighted by Gasteiger charge is -2.22. The number of ether oxygens (including phenoxy) is 1. The van der Waals surface area contributed by atoms with E-state index >= 15 is 0 Å². The Labute approximate surface area is 108 Å². The molecule has 0 aromatic heterocycles. The van der Waals surface area contributed by atoms with Crippen LogP contribution in [0.2, 0.25) is 0 Å². The van der Waals surface area contributed by atoms with Crippen molar-refractivity contribution in [2.24, 2.45) is 0 Å². The summed E-state index contributed by atoms with van der Waals surface area (Å²) in [6, 6.07) is 13.1. The van der Waals surface area contributed by atoms with E-state index in [0.717, 1.165) is 5.75 Å². The minimum atomic E-state index is 0.0607. The molecular formula is C17H18O. The van der Waals surface area contributed by atoms with E-state index < -0.39 is 0 Å². The summed E-state index contributed by atoms with van der Waals surface area (Å²) in [7, 11) is 1.72. The Balaban J connectivity index is 2.31. The third-order valence-corrected chi connectivity index (χ3v) is 4.04. The fraction of sp³-hybridized carbons (Fsp3) is 0.294. The van der Waals surface area contributed by atoms with Gasteiger partial charge in [-0.3, -0.25) is 0 Å². The van der Waals surface area contributed by atoms with Gasteiger partial charge in [-0.15, -0.1) is 0 Å². The first-order valence-corrected chi connectivity index (χ1v) is 6.34. The summed E-state index contributed by atoms with van der Waals surface area (Å²) in [6.07, 6.45) is 0. The summed E-state index contributed by atoms with van der Waals surface area (Å²) in [5.74, 6) is 0.936. The lowest BCUT2D eigenvalue weighted by molar-refractivity contribution is 0.413. The van der Waals surface area contributed by atoms with Crippen molar-refractivity contribution in [1.29, 1.82) is 0 Å². The van der Waals surface area contributed by atoms with Gasteiger partial charge in [0.15, 0.2) is 0 Å². The average molecular weight is 238 g/mol. The highest BCUT2D eigenvalue weighted by molar-refractivity contribution is 5.81. The van der Waals surface area contributed by atoms with Crippen molar-refractivity contribution in [2.45, 2.75) is 26.2 Å². The van der Waals surface area contributed by atoms with Crippen LogP contribution in [0.25, 0.3) is 11.1 Å². The molecule has 0 saturated carbocycles. The first kappa shape index (κ1) is 11.3. The molecule has 2 aromatic carbocycles. The Hall–Kier alpha value is -1.76. The maximum Gasteiger partial charge on any atom is 0.119 e. The third-order valence-electron chi connectivity index (χ3n) is 4.04. The van der Waals surface area contributed by atoms with Gasteiger partial charge in [0, 0.05) is 5.41 Å². The average Bonchev–Trinajstić information content (AvgIpc) is 2.58. The topological polar surface area (TPSA) is 9.23 Å². The van der Waals surface area contributed by atoms with Crippen LogP contribution in [0.15, 0.2) is 36.4 Å². The van der Waals surface area contributed by atoms with E-state index in [1.165, 1.54) is 27.8 Å². The van der Waals surface area contributed by atoms with Gasteiger partial charge < -0.3 is 4.74 Å². The van der Waals surface area contributed by atoms with Crippen LogP contribution in [0, 0.1) is 6.92 Å². The van der Waals surface area contributed by atoms with Gasteiger partial charge in [0.2, 0.25) is 0 Å². The lowest BCUT2D eigenvalue weighted by atomic mass is 9.82. The number of fused-ring (bicyclic) bond motifs is 3. The molecule has 0 atom stereocenters. The van der Waals surface area contributed by atoms with Crippen LogP contribution in [-0.2, 0) is 5.41 Å². The molecule has 3 rings (SSSR count). The molecule has 0 saturated heterocycles. The SMILES string of the molecule is COc1ccc2c(c1)C(C)(C)c1cc(C)ccc1-2. The van der Waals surface area contributed by atoms with Gasteiger partial charge in [0.05, 0.1) is 7.11 Å². The zero-order chi connectivity index (χ0) is 12.9. The molecule has 2 aromatic rings. The Bertz CT molecular complexity index is 624. The Morgan fingerprint density at radius 3 is 2.17 bits per heavy atom. The maximum absolute atomic E-state index is 5.36. The first-order chi connectivity index (χ1) is 8.54. The van der Waals surface area contributed by atoms with E-state index in [-0.39, 0.29) is 5.41 Å². The number of hydrogen-bond donors (Lipinski definition) is 0. The molecule has 1 aliphatic rings. The highest BCUT2D eigenvalue weighted by Gasteiger charge is 2.35. The van der Waals surface area contributed by atoms with Crippen molar-refractivity contribution in [2.75, 3.05) is 7.11 Å². The van der Waals surface area contributed by atoms with Crippen molar-refractivity contribution >= 4 is 0 Å². The third kappa shape index (κ3) is 1.40. The molecule has 1 heteroatoms. The van der Waals surface area contributed by atoms with Gasteiger partial charge in [-0.2, -0.15) is 0 Å². The van der Waals surface area contributed by atoms with Crippen LogP contribution in [0.1, 0.15) is 30.5 Å². The summed E-state index contributed by atoms with van der Waals surface area (Å²) in [4.78, 5) is 0. The highest BCUT2D eigenvalue weighted by Crippen LogP contribution is 2.49. The van der Waals surface area contributed by atoms with Gasteiger partial charge in [-0.05, 0) is 41.3 Å². The summed E-state index contributed by atoms with van der Waals surface area (Å²) in [5, 5.41) is 0. The normalized spacial score (nSPS) is 15.1. The predicted octanol–water partition coefficient (Wildman–Crippen LogP) is 4.31. The minimum Gasteiger partial charge on any atom is -0.497 e. The Kier molecular flexibility index (Phi) is 2.28. The molecule has 0 heterocycles. The van der Waals surface area contributed by atoms with Crippen LogP contribution >= 0.6 is 0 Å². The van der Waals surface area contributed by atoms with Crippen LogP contribution in [0.5, 0.6) is 5.75 Å². The zero-order valence-electron chi connectivity index (χ0n) is 11.4. The molecule has 0 N–H and O–H groups in total. The molecular weight excluding hydrogens is 220 g/mol. The van der Waals surface area contributed by atoms with Gasteiger partial charge in [0.1, 0.15) is 5.75 Å². The van der Waals surface area contributed by atoms with Gasteiger partial charge >= 0.3 is 0 Å². The second-order valence-corrected chi connectivity index (χ2v) is 5.59. The molecule has 0 unspecified atom stereocenters. The van der Waals surface area contributed by atoms with Crippen LogP contribution < -0.4 is 4.74 Å². The van der Waals surface area contributed by atoms with Crippen molar-refractivity contribution in [1.82, 2.24) is 0 Å². The molecule has 92 valence electrons. The minimum absolute atomic E-state index is 0.0607. The zero-order valence-corrected chi connectivity index (χ0v) is 11.4. The van der Waals surface area contributed by atoms with Crippen molar-refractivity contribution < 1.29 is 4.74 Å². The molecule has 0 fully saturated rings. The molecule has 0 aliphatic heterocycles. The number of hydrogen-bond acceptors (Lipinski definition) is 1. The number of methoxy groups -OCH3 is 1. The number of rotatable bonds is 1. The predicted molar refractivity (Wildman–Crippen MR) is 75.3 cm³/mol. The van der Waals surface area contributed by atoms with E-state index in [9.17, 15) is 0 Å². The van der Waals surface area contributed by atoms with E-state index in [2.05, 4.69) is 51.1 Å². The molecule has 1 aliphatic carbocycles. The van der Waals surface area contributed by atoms with E-state index in [4.69, 9.17) is 4.74 Å². The lowest BCUT2D eigenvalue weighted by Crippen LogP contribution is -2.15. The molecule has 1 nitrogen and oxygen atoms in total. The summed E-state index contributed by atoms with van der Waals surface area (Å²) in [5.41, 5.74) is 6.87. The molecule has 0 amide bonds. The van der Waals surface area contributed by atoms with Crippen LogP contribution in [-0.4, -0.2) is 7.11 Å². The molecule has 0 radical (unpaired) electrons. The number of aryl methyl sites for hydroxylation is 1. The van der Waals surface area contributed by atoms with Crippen molar-refractivity contribution in [3.8, 4) is 16.9 Å². The number of benzene rings is 2. The maximum atomic E-state index is 5.36. The second-order valence-electron chi connectivity index (χ2n) is 5.59.